The van der Waals surface area contributed by atoms with E-state index >= 15 is 0 Å². The second-order valence-electron chi connectivity index (χ2n) is 7.23. The van der Waals surface area contributed by atoms with Gasteiger partial charge in [0.25, 0.3) is 0 Å². The van der Waals surface area contributed by atoms with Gasteiger partial charge in [0.1, 0.15) is 17.1 Å². The Bertz CT molecular complexity index is 1200. The molecule has 2 aliphatic rings. The molecule has 0 bridgehead atoms. The number of hydrogen-bond donors (Lipinski definition) is 0. The molecule has 0 aromatic heterocycles. The minimum absolute atomic E-state index is 0.0634. The van der Waals surface area contributed by atoms with Gasteiger partial charge in [-0.3, -0.25) is 4.79 Å². The van der Waals surface area contributed by atoms with Crippen molar-refractivity contribution in [3.8, 4) is 5.75 Å². The number of ketones is 1. The van der Waals surface area contributed by atoms with Crippen LogP contribution in [0.3, 0.4) is 0 Å². The molecule has 3 aromatic rings. The van der Waals surface area contributed by atoms with E-state index in [2.05, 4.69) is 0 Å². The summed E-state index contributed by atoms with van der Waals surface area (Å²) in [5, 5.41) is -1.11. The Labute approximate surface area is 168 Å². The zero-order valence-electron chi connectivity index (χ0n) is 15.6. The molecule has 3 aromatic carbocycles. The zero-order valence-corrected chi connectivity index (χ0v) is 16.4. The molecular weight excluding hydrogens is 388 g/mol. The second-order valence-corrected chi connectivity index (χ2v) is 9.23. The number of rotatable bonds is 3. The van der Waals surface area contributed by atoms with E-state index in [1.165, 1.54) is 6.07 Å². The van der Waals surface area contributed by atoms with Crippen molar-refractivity contribution in [2.75, 3.05) is 7.11 Å². The number of carbonyl (C=O) groups excluding carboxylic acids is 1. The van der Waals surface area contributed by atoms with Crippen molar-refractivity contribution in [1.29, 1.82) is 0 Å². The van der Waals surface area contributed by atoms with Gasteiger partial charge >= 0.3 is 0 Å². The molecule has 0 amide bonds. The van der Waals surface area contributed by atoms with E-state index in [0.717, 1.165) is 5.56 Å². The summed E-state index contributed by atoms with van der Waals surface area (Å²) in [5.74, 6) is 0.383. The normalized spacial score (nSPS) is 26.7. The maximum atomic E-state index is 13.6. The fourth-order valence-corrected chi connectivity index (χ4v) is 6.52. The van der Waals surface area contributed by atoms with Crippen molar-refractivity contribution in [3.63, 3.8) is 0 Å². The number of benzene rings is 3. The predicted molar refractivity (Wildman–Crippen MR) is 107 cm³/mol. The van der Waals surface area contributed by atoms with Crippen molar-refractivity contribution >= 4 is 15.6 Å². The highest BCUT2D eigenvalue weighted by atomic mass is 32.2. The SMILES string of the molecule is COc1ccc([C@H]2O[C@]23C(=O)c2ccccc2S(=O)(=O)[C@H]3c2ccccc2)cc1. The first-order valence-corrected chi connectivity index (χ1v) is 10.8. The number of Topliss-reactive ketones (excluding diaryl/α,β-unsaturated/α-hetero) is 1. The van der Waals surface area contributed by atoms with Gasteiger partial charge in [0.2, 0.25) is 5.78 Å². The highest BCUT2D eigenvalue weighted by Crippen LogP contribution is 2.64. The molecule has 5 nitrogen and oxygen atoms in total. The number of methoxy groups -OCH3 is 1. The van der Waals surface area contributed by atoms with Gasteiger partial charge in [-0.1, -0.05) is 54.6 Å². The molecule has 1 fully saturated rings. The van der Waals surface area contributed by atoms with E-state index < -0.39 is 26.8 Å². The van der Waals surface area contributed by atoms with Crippen LogP contribution in [0.1, 0.15) is 32.8 Å². The molecule has 1 spiro atoms. The molecule has 29 heavy (non-hydrogen) atoms. The number of epoxide rings is 1. The van der Waals surface area contributed by atoms with Gasteiger partial charge < -0.3 is 9.47 Å². The number of hydrogen-bond acceptors (Lipinski definition) is 5. The molecule has 5 rings (SSSR count). The molecule has 146 valence electrons. The van der Waals surface area contributed by atoms with Crippen LogP contribution in [0.2, 0.25) is 0 Å². The lowest BCUT2D eigenvalue weighted by Crippen LogP contribution is -2.42. The number of carbonyl (C=O) groups is 1. The minimum Gasteiger partial charge on any atom is -0.497 e. The van der Waals surface area contributed by atoms with Crippen molar-refractivity contribution in [2.24, 2.45) is 0 Å². The largest absolute Gasteiger partial charge is 0.497 e. The number of fused-ring (bicyclic) bond motifs is 1. The lowest BCUT2D eigenvalue weighted by molar-refractivity contribution is 0.0856. The maximum Gasteiger partial charge on any atom is 0.200 e. The van der Waals surface area contributed by atoms with Gasteiger partial charge in [-0.2, -0.15) is 0 Å². The first kappa shape index (κ1) is 18.1. The fraction of sp³-hybridized carbons (Fsp3) is 0.174. The summed E-state index contributed by atoms with van der Waals surface area (Å²) in [7, 11) is -2.27. The maximum absolute atomic E-state index is 13.6. The topological polar surface area (TPSA) is 73.0 Å². The van der Waals surface area contributed by atoms with E-state index in [1.54, 1.807) is 73.8 Å². The van der Waals surface area contributed by atoms with Crippen molar-refractivity contribution in [2.45, 2.75) is 21.9 Å². The second kappa shape index (κ2) is 6.27. The molecule has 0 unspecified atom stereocenters. The summed E-state index contributed by atoms with van der Waals surface area (Å²) in [6.45, 7) is 0. The Morgan fingerprint density at radius 1 is 0.862 bits per heavy atom. The third kappa shape index (κ3) is 2.49. The van der Waals surface area contributed by atoms with Crippen LogP contribution < -0.4 is 4.74 Å². The Morgan fingerprint density at radius 2 is 1.52 bits per heavy atom. The molecule has 2 heterocycles. The molecule has 3 atom stereocenters. The monoisotopic (exact) mass is 406 g/mol. The van der Waals surface area contributed by atoms with Crippen LogP contribution in [0.15, 0.2) is 83.8 Å². The first-order chi connectivity index (χ1) is 14.0. The highest BCUT2D eigenvalue weighted by Gasteiger charge is 2.73. The lowest BCUT2D eigenvalue weighted by Gasteiger charge is -2.30. The van der Waals surface area contributed by atoms with Crippen molar-refractivity contribution in [3.05, 3.63) is 95.6 Å². The molecule has 0 aliphatic carbocycles. The summed E-state index contributed by atoms with van der Waals surface area (Å²) in [6, 6.07) is 22.4. The minimum atomic E-state index is -3.84. The van der Waals surface area contributed by atoms with E-state index in [1.807, 2.05) is 6.07 Å². The summed E-state index contributed by atoms with van der Waals surface area (Å²) in [6.07, 6.45) is -0.644. The molecule has 2 aliphatic heterocycles. The average Bonchev–Trinajstić information content (AvgIpc) is 3.49. The van der Waals surface area contributed by atoms with Crippen LogP contribution in [-0.4, -0.2) is 26.9 Å². The van der Waals surface area contributed by atoms with Crippen molar-refractivity contribution in [1.82, 2.24) is 0 Å². The standard InChI is InChI=1S/C23H18O5S/c1-27-17-13-11-15(12-14-17)21-23(28-21)20(24)18-9-5-6-10-19(18)29(25,26)22(23)16-7-3-2-4-8-16/h2-14,21-22H,1H3/t21-,22+,23-/m1/s1. The average molecular weight is 406 g/mol. The number of sulfone groups is 1. The van der Waals surface area contributed by atoms with Gasteiger partial charge in [0, 0.05) is 5.56 Å². The molecular formula is C23H18O5S. The molecule has 0 N–H and O–H groups in total. The fourth-order valence-electron chi connectivity index (χ4n) is 4.27. The van der Waals surface area contributed by atoms with Gasteiger partial charge in [-0.15, -0.1) is 0 Å². The third-order valence-electron chi connectivity index (χ3n) is 5.66. The van der Waals surface area contributed by atoms with Gasteiger partial charge in [-0.05, 0) is 35.4 Å². The van der Waals surface area contributed by atoms with Crippen LogP contribution in [-0.2, 0) is 14.6 Å². The lowest BCUT2D eigenvalue weighted by atomic mass is 9.85. The van der Waals surface area contributed by atoms with Gasteiger partial charge in [0.05, 0.1) is 12.0 Å². The summed E-state index contributed by atoms with van der Waals surface area (Å²) in [4.78, 5) is 13.6. The Kier molecular flexibility index (Phi) is 3.91. The van der Waals surface area contributed by atoms with Crippen LogP contribution in [0.5, 0.6) is 5.75 Å². The van der Waals surface area contributed by atoms with Crippen LogP contribution in [0.4, 0.5) is 0 Å². The van der Waals surface area contributed by atoms with E-state index in [9.17, 15) is 13.2 Å². The Balaban J connectivity index is 1.71. The van der Waals surface area contributed by atoms with E-state index in [4.69, 9.17) is 9.47 Å². The van der Waals surface area contributed by atoms with Gasteiger partial charge in [-0.25, -0.2) is 8.42 Å². The number of ether oxygens (including phenoxy) is 2. The zero-order chi connectivity index (χ0) is 20.2. The molecule has 6 heteroatoms. The Morgan fingerprint density at radius 3 is 2.21 bits per heavy atom. The van der Waals surface area contributed by atoms with Crippen LogP contribution >= 0.6 is 0 Å². The molecule has 1 saturated heterocycles. The quantitative estimate of drug-likeness (QED) is 0.617. The third-order valence-corrected chi connectivity index (χ3v) is 7.87. The van der Waals surface area contributed by atoms with E-state index in [0.29, 0.717) is 11.3 Å². The first-order valence-electron chi connectivity index (χ1n) is 9.24. The summed E-state index contributed by atoms with van der Waals surface area (Å²) in [5.41, 5.74) is 0.0140. The molecule has 0 saturated carbocycles. The highest BCUT2D eigenvalue weighted by molar-refractivity contribution is 7.92. The van der Waals surface area contributed by atoms with Gasteiger partial charge in [0.15, 0.2) is 15.4 Å². The summed E-state index contributed by atoms with van der Waals surface area (Å²) < 4.78 is 38.5. The Hall–Kier alpha value is -2.96. The predicted octanol–water partition coefficient (Wildman–Crippen LogP) is 3.92. The van der Waals surface area contributed by atoms with Crippen molar-refractivity contribution < 1.29 is 22.7 Å². The van der Waals surface area contributed by atoms with Crippen LogP contribution in [0, 0.1) is 0 Å². The molecule has 0 radical (unpaired) electrons. The van der Waals surface area contributed by atoms with Crippen LogP contribution in [0.25, 0.3) is 0 Å². The van der Waals surface area contributed by atoms with E-state index in [-0.39, 0.29) is 16.2 Å². The smallest absolute Gasteiger partial charge is 0.200 e. The summed E-state index contributed by atoms with van der Waals surface area (Å²) >= 11 is 0.